The molecule has 9 heteroatoms. The SMILES string of the molecule is O.O=S(=O)(O)C(F)(F)F.[Th]. The summed E-state index contributed by atoms with van der Waals surface area (Å²) in [5.74, 6) is 0. The number of hydrogen-bond donors (Lipinski definition) is 1. The first-order chi connectivity index (χ1) is 3.25. The molecule has 0 aliphatic rings. The zero-order valence-electron chi connectivity index (χ0n) is 4.31. The van der Waals surface area contributed by atoms with Crippen molar-refractivity contribution in [3.05, 3.63) is 0 Å². The molecule has 0 spiro atoms. The normalized spacial score (nSPS) is 11.2. The molecule has 0 unspecified atom stereocenters. The van der Waals surface area contributed by atoms with Crippen LogP contribution in [-0.4, -0.2) is 24.0 Å². The molecule has 62 valence electrons. The first-order valence-corrected chi connectivity index (χ1v) is 2.73. The van der Waals surface area contributed by atoms with Crippen molar-refractivity contribution < 1.29 is 71.6 Å². The van der Waals surface area contributed by atoms with E-state index < -0.39 is 15.6 Å². The maximum absolute atomic E-state index is 10.7. The molecule has 10 heavy (non-hydrogen) atoms. The van der Waals surface area contributed by atoms with Gasteiger partial charge >= 0.3 is 15.6 Å². The van der Waals surface area contributed by atoms with Gasteiger partial charge < -0.3 is 5.48 Å². The van der Waals surface area contributed by atoms with Gasteiger partial charge in [0.25, 0.3) is 0 Å². The molecule has 0 bridgehead atoms. The summed E-state index contributed by atoms with van der Waals surface area (Å²) in [5.41, 5.74) is -5.53. The van der Waals surface area contributed by atoms with Crippen LogP contribution in [0.25, 0.3) is 0 Å². The molecule has 0 aliphatic carbocycles. The Morgan fingerprint density at radius 1 is 1.20 bits per heavy atom. The van der Waals surface area contributed by atoms with E-state index in [0.29, 0.717) is 0 Å². The molecule has 0 saturated heterocycles. The number of halogens is 3. The minimum Gasteiger partial charge on any atom is -0.412 e. The smallest absolute Gasteiger partial charge is 0.412 e. The van der Waals surface area contributed by atoms with Gasteiger partial charge in [-0.2, -0.15) is 21.6 Å². The largest absolute Gasteiger partial charge is 0.522 e. The Morgan fingerprint density at radius 2 is 1.30 bits per heavy atom. The maximum Gasteiger partial charge on any atom is 0.522 e. The van der Waals surface area contributed by atoms with E-state index >= 15 is 0 Å². The van der Waals surface area contributed by atoms with Crippen molar-refractivity contribution in [3.63, 3.8) is 0 Å². The third kappa shape index (κ3) is 5.75. The third-order valence-corrected chi connectivity index (χ3v) is 0.877. The second-order valence-electron chi connectivity index (χ2n) is 0.921. The van der Waals surface area contributed by atoms with Crippen LogP contribution in [0.1, 0.15) is 0 Å². The van der Waals surface area contributed by atoms with Gasteiger partial charge in [0.1, 0.15) is 0 Å². The Bertz CT molecular complexity index is 169. The molecule has 0 aliphatic heterocycles. The zero-order chi connectivity index (χ0) is 7.00. The van der Waals surface area contributed by atoms with Crippen LogP contribution >= 0.6 is 0 Å². The number of hydrogen-bond acceptors (Lipinski definition) is 2. The molecule has 0 saturated carbocycles. The summed E-state index contributed by atoms with van der Waals surface area (Å²) < 4.78 is 57.5. The average Bonchev–Trinajstić information content (AvgIpc) is 1.25. The van der Waals surface area contributed by atoms with E-state index in [1.807, 2.05) is 0 Å². The van der Waals surface area contributed by atoms with Crippen molar-refractivity contribution in [1.29, 1.82) is 0 Å². The van der Waals surface area contributed by atoms with Crippen LogP contribution in [0.4, 0.5) is 13.2 Å². The fraction of sp³-hybridized carbons (Fsp3) is 1.00. The van der Waals surface area contributed by atoms with Crippen molar-refractivity contribution in [2.75, 3.05) is 0 Å². The second kappa shape index (κ2) is 4.78. The van der Waals surface area contributed by atoms with E-state index in [9.17, 15) is 13.2 Å². The van der Waals surface area contributed by atoms with Gasteiger partial charge in [-0.15, -0.1) is 0 Å². The van der Waals surface area contributed by atoms with E-state index in [2.05, 4.69) is 0 Å². The maximum atomic E-state index is 10.7. The van der Waals surface area contributed by atoms with Crippen LogP contribution in [0, 0.1) is 39.9 Å². The predicted molar refractivity (Wildman–Crippen MR) is 21.2 cm³/mol. The van der Waals surface area contributed by atoms with E-state index in [1.165, 1.54) is 0 Å². The molecular formula is CH3F3O4STh. The van der Waals surface area contributed by atoms with Crippen molar-refractivity contribution in [2.45, 2.75) is 5.51 Å². The average molecular weight is 400 g/mol. The van der Waals surface area contributed by atoms with Crippen LogP contribution in [0.5, 0.6) is 0 Å². The molecule has 0 radical (unpaired) electrons. The summed E-state index contributed by atoms with van der Waals surface area (Å²) in [4.78, 5) is 0. The molecule has 0 heterocycles. The Morgan fingerprint density at radius 3 is 1.30 bits per heavy atom. The van der Waals surface area contributed by atoms with Crippen LogP contribution in [0.15, 0.2) is 0 Å². The Labute approximate surface area is 86.5 Å². The molecule has 0 aromatic carbocycles. The van der Waals surface area contributed by atoms with Gasteiger partial charge in [0.15, 0.2) is 0 Å². The molecule has 4 nitrogen and oxygen atoms in total. The number of rotatable bonds is 0. The standard InChI is InChI=1S/CHF3O3S.H2O.Th/c2-1(3,4)8(5,6)7;;/h(H,5,6,7);1H2;. The minimum atomic E-state index is -5.84. The van der Waals surface area contributed by atoms with Gasteiger partial charge in [-0.05, 0) is 0 Å². The van der Waals surface area contributed by atoms with Gasteiger partial charge in [0.2, 0.25) is 0 Å². The Hall–Kier alpha value is 0.985. The topological polar surface area (TPSA) is 85.9 Å². The minimum absolute atomic E-state index is 0. The van der Waals surface area contributed by atoms with Crippen LogP contribution in [0.2, 0.25) is 0 Å². The van der Waals surface area contributed by atoms with Crippen molar-refractivity contribution in [1.82, 2.24) is 0 Å². The summed E-state index contributed by atoms with van der Waals surface area (Å²) in [6, 6.07) is 0. The molecule has 3 N–H and O–H groups in total. The molecule has 0 aromatic rings. The fourth-order valence-electron chi connectivity index (χ4n) is 0. The van der Waals surface area contributed by atoms with Crippen LogP contribution < -0.4 is 0 Å². The van der Waals surface area contributed by atoms with Gasteiger partial charge in [-0.1, -0.05) is 0 Å². The summed E-state index contributed by atoms with van der Waals surface area (Å²) in [6.07, 6.45) is 0. The molecule has 0 amide bonds. The molecule has 0 atom stereocenters. The zero-order valence-corrected chi connectivity index (χ0v) is 9.23. The van der Waals surface area contributed by atoms with Crippen molar-refractivity contribution in [2.24, 2.45) is 0 Å². The first kappa shape index (κ1) is 17.2. The molecular weight excluding hydrogens is 397 g/mol. The Balaban J connectivity index is -0.000000245. The van der Waals surface area contributed by atoms with Crippen molar-refractivity contribution >= 4 is 10.1 Å². The van der Waals surface area contributed by atoms with Gasteiger partial charge in [0, 0.05) is 39.9 Å². The predicted octanol–water partition coefficient (Wildman–Crippen LogP) is -0.431. The second-order valence-corrected chi connectivity index (χ2v) is 2.33. The fourth-order valence-corrected chi connectivity index (χ4v) is 0. The summed E-state index contributed by atoms with van der Waals surface area (Å²) in [5, 5.41) is 0. The third-order valence-electron chi connectivity index (χ3n) is 0.292. The Kier molecular flexibility index (Phi) is 8.21. The first-order valence-electron chi connectivity index (χ1n) is 1.29. The summed E-state index contributed by atoms with van der Waals surface area (Å²) in [6.45, 7) is 0. The van der Waals surface area contributed by atoms with E-state index in [-0.39, 0.29) is 45.4 Å². The van der Waals surface area contributed by atoms with Crippen LogP contribution in [0.3, 0.4) is 0 Å². The van der Waals surface area contributed by atoms with E-state index in [0.717, 1.165) is 0 Å². The van der Waals surface area contributed by atoms with E-state index in [4.69, 9.17) is 13.0 Å². The monoisotopic (exact) mass is 400 g/mol. The van der Waals surface area contributed by atoms with E-state index in [1.54, 1.807) is 0 Å². The quantitative estimate of drug-likeness (QED) is 0.443. The van der Waals surface area contributed by atoms with Gasteiger partial charge in [-0.3, -0.25) is 4.55 Å². The number of alkyl halides is 3. The van der Waals surface area contributed by atoms with Crippen molar-refractivity contribution in [3.8, 4) is 0 Å². The summed E-state index contributed by atoms with van der Waals surface area (Å²) in [7, 11) is -5.84. The van der Waals surface area contributed by atoms with Gasteiger partial charge in [0.05, 0.1) is 0 Å². The molecule has 0 aromatic heterocycles. The van der Waals surface area contributed by atoms with Crippen LogP contribution in [-0.2, 0) is 10.1 Å². The summed E-state index contributed by atoms with van der Waals surface area (Å²) >= 11 is 0. The van der Waals surface area contributed by atoms with Gasteiger partial charge in [-0.25, -0.2) is 0 Å². The molecule has 0 fully saturated rings. The molecule has 0 rings (SSSR count).